The monoisotopic (exact) mass is 280 g/mol. The van der Waals surface area contributed by atoms with E-state index in [1.807, 2.05) is 0 Å². The van der Waals surface area contributed by atoms with Crippen molar-refractivity contribution in [2.45, 2.75) is 52.0 Å². The Morgan fingerprint density at radius 2 is 2.05 bits per heavy atom. The van der Waals surface area contributed by atoms with Gasteiger partial charge in [0.05, 0.1) is 6.54 Å². The van der Waals surface area contributed by atoms with Gasteiger partial charge < -0.3 is 15.5 Å². The summed E-state index contributed by atoms with van der Waals surface area (Å²) in [5.41, 5.74) is 0.424. The zero-order valence-electron chi connectivity index (χ0n) is 13.0. The highest BCUT2D eigenvalue weighted by Crippen LogP contribution is 2.36. The Morgan fingerprint density at radius 1 is 1.35 bits per heavy atom. The number of hydrogen-bond donors (Lipinski definition) is 2. The molecule has 114 valence electrons. The zero-order valence-corrected chi connectivity index (χ0v) is 13.0. The summed E-state index contributed by atoms with van der Waals surface area (Å²) in [4.78, 5) is 18.3. The molecule has 20 heavy (non-hydrogen) atoms. The van der Waals surface area contributed by atoms with Gasteiger partial charge in [-0.1, -0.05) is 13.8 Å². The molecule has 2 fully saturated rings. The molecule has 5 nitrogen and oxygen atoms in total. The summed E-state index contributed by atoms with van der Waals surface area (Å²) < 4.78 is 0. The van der Waals surface area contributed by atoms with Crippen LogP contribution < -0.4 is 10.6 Å². The molecule has 2 aliphatic rings. The molecule has 0 radical (unpaired) electrons. The maximum absolute atomic E-state index is 11.7. The van der Waals surface area contributed by atoms with Crippen LogP contribution in [0.3, 0.4) is 0 Å². The average Bonchev–Trinajstić information content (AvgIpc) is 3.17. The lowest BCUT2D eigenvalue weighted by atomic mass is 9.82. The minimum Gasteiger partial charge on any atom is -0.352 e. The van der Waals surface area contributed by atoms with Crippen molar-refractivity contribution in [3.05, 3.63) is 0 Å². The Balaban J connectivity index is 1.81. The van der Waals surface area contributed by atoms with Gasteiger partial charge in [0, 0.05) is 26.2 Å². The van der Waals surface area contributed by atoms with Crippen LogP contribution in [0.2, 0.25) is 0 Å². The Labute approximate surface area is 122 Å². The first-order valence-corrected chi connectivity index (χ1v) is 7.87. The lowest BCUT2D eigenvalue weighted by Gasteiger charge is -2.27. The summed E-state index contributed by atoms with van der Waals surface area (Å²) in [5.74, 6) is 0.935. The Hall–Kier alpha value is -1.26. The Bertz CT molecular complexity index is 372. The minimum absolute atomic E-state index is 0.0742. The summed E-state index contributed by atoms with van der Waals surface area (Å²) in [6, 6.07) is 0.422. The van der Waals surface area contributed by atoms with Crippen molar-refractivity contribution in [1.29, 1.82) is 0 Å². The standard InChI is InChI=1S/C15H28N4O/c1-4-15(5-2)8-9-19(11-15)14(16-3)17-10-13(20)18-12-6-7-12/h12H,4-11H2,1-3H3,(H,16,17)(H,18,20). The second-order valence-electron chi connectivity index (χ2n) is 6.12. The Morgan fingerprint density at radius 3 is 2.55 bits per heavy atom. The van der Waals surface area contributed by atoms with Crippen LogP contribution in [-0.2, 0) is 4.79 Å². The van der Waals surface area contributed by atoms with Gasteiger partial charge in [-0.15, -0.1) is 0 Å². The van der Waals surface area contributed by atoms with E-state index in [0.717, 1.165) is 31.9 Å². The Kier molecular flexibility index (Phi) is 4.89. The molecule has 0 aromatic heterocycles. The third-order valence-electron chi connectivity index (χ3n) is 4.80. The van der Waals surface area contributed by atoms with Crippen molar-refractivity contribution in [1.82, 2.24) is 15.5 Å². The van der Waals surface area contributed by atoms with Crippen LogP contribution in [0, 0.1) is 5.41 Å². The first kappa shape index (κ1) is 15.1. The van der Waals surface area contributed by atoms with E-state index in [2.05, 4.69) is 34.4 Å². The maximum atomic E-state index is 11.7. The number of nitrogens with one attached hydrogen (secondary N) is 2. The topological polar surface area (TPSA) is 56.7 Å². The van der Waals surface area contributed by atoms with E-state index in [4.69, 9.17) is 0 Å². The quantitative estimate of drug-likeness (QED) is 0.590. The molecule has 1 aliphatic carbocycles. The number of guanidine groups is 1. The maximum Gasteiger partial charge on any atom is 0.239 e. The fraction of sp³-hybridized carbons (Fsp3) is 0.867. The number of carbonyl (C=O) groups excluding carboxylic acids is 1. The van der Waals surface area contributed by atoms with Gasteiger partial charge in [0.15, 0.2) is 5.96 Å². The van der Waals surface area contributed by atoms with Crippen molar-refractivity contribution < 1.29 is 4.79 Å². The molecule has 1 amide bonds. The molecule has 5 heteroatoms. The summed E-state index contributed by atoms with van der Waals surface area (Å²) in [5, 5.41) is 6.18. The summed E-state index contributed by atoms with van der Waals surface area (Å²) in [7, 11) is 1.79. The van der Waals surface area contributed by atoms with E-state index in [0.29, 0.717) is 18.0 Å². The van der Waals surface area contributed by atoms with Crippen molar-refractivity contribution in [3.63, 3.8) is 0 Å². The fourth-order valence-corrected chi connectivity index (χ4v) is 2.94. The molecule has 1 saturated heterocycles. The van der Waals surface area contributed by atoms with Crippen LogP contribution in [0.1, 0.15) is 46.0 Å². The van der Waals surface area contributed by atoms with Crippen LogP contribution in [0.5, 0.6) is 0 Å². The second kappa shape index (κ2) is 6.46. The largest absolute Gasteiger partial charge is 0.352 e. The lowest BCUT2D eigenvalue weighted by molar-refractivity contribution is -0.120. The van der Waals surface area contributed by atoms with Crippen molar-refractivity contribution in [3.8, 4) is 0 Å². The molecule has 2 N–H and O–H groups in total. The molecule has 0 spiro atoms. The molecular formula is C15H28N4O. The highest BCUT2D eigenvalue weighted by atomic mass is 16.2. The van der Waals surface area contributed by atoms with Crippen LogP contribution in [0.4, 0.5) is 0 Å². The van der Waals surface area contributed by atoms with Crippen molar-refractivity contribution in [2.75, 3.05) is 26.7 Å². The van der Waals surface area contributed by atoms with Gasteiger partial charge >= 0.3 is 0 Å². The molecular weight excluding hydrogens is 252 g/mol. The predicted octanol–water partition coefficient (Wildman–Crippen LogP) is 1.35. The van der Waals surface area contributed by atoms with Gasteiger partial charge in [-0.05, 0) is 37.5 Å². The van der Waals surface area contributed by atoms with Gasteiger partial charge in [0.1, 0.15) is 0 Å². The average molecular weight is 280 g/mol. The van der Waals surface area contributed by atoms with Crippen LogP contribution in [-0.4, -0.2) is 49.5 Å². The fourth-order valence-electron chi connectivity index (χ4n) is 2.94. The highest BCUT2D eigenvalue weighted by Gasteiger charge is 2.36. The smallest absolute Gasteiger partial charge is 0.239 e. The van der Waals surface area contributed by atoms with Crippen molar-refractivity contribution >= 4 is 11.9 Å². The molecule has 0 aromatic rings. The zero-order chi connectivity index (χ0) is 14.6. The third-order valence-corrected chi connectivity index (χ3v) is 4.80. The number of aliphatic imine (C=N–C) groups is 1. The molecule has 2 rings (SSSR count). The molecule has 0 unspecified atom stereocenters. The van der Waals surface area contributed by atoms with Crippen LogP contribution in [0.25, 0.3) is 0 Å². The van der Waals surface area contributed by atoms with Gasteiger partial charge in [-0.3, -0.25) is 9.79 Å². The summed E-state index contributed by atoms with van der Waals surface area (Å²) in [6.07, 6.45) is 5.89. The van der Waals surface area contributed by atoms with E-state index in [1.54, 1.807) is 7.05 Å². The van der Waals surface area contributed by atoms with E-state index in [1.165, 1.54) is 19.3 Å². The predicted molar refractivity (Wildman–Crippen MR) is 81.7 cm³/mol. The molecule has 1 heterocycles. The van der Waals surface area contributed by atoms with E-state index < -0.39 is 0 Å². The minimum atomic E-state index is 0.0742. The van der Waals surface area contributed by atoms with E-state index >= 15 is 0 Å². The van der Waals surface area contributed by atoms with Crippen LogP contribution in [0.15, 0.2) is 4.99 Å². The number of nitrogens with zero attached hydrogens (tertiary/aromatic N) is 2. The van der Waals surface area contributed by atoms with Gasteiger partial charge in [0.25, 0.3) is 0 Å². The SMILES string of the molecule is CCC1(CC)CCN(C(=NC)NCC(=O)NC2CC2)C1. The molecule has 1 saturated carbocycles. The highest BCUT2D eigenvalue weighted by molar-refractivity contribution is 5.86. The third kappa shape index (κ3) is 3.64. The second-order valence-corrected chi connectivity index (χ2v) is 6.12. The van der Waals surface area contributed by atoms with Crippen molar-refractivity contribution in [2.24, 2.45) is 10.4 Å². The summed E-state index contributed by atoms with van der Waals surface area (Å²) in [6.45, 7) is 6.94. The molecule has 1 aliphatic heterocycles. The summed E-state index contributed by atoms with van der Waals surface area (Å²) >= 11 is 0. The lowest BCUT2D eigenvalue weighted by Crippen LogP contribution is -2.45. The molecule has 0 aromatic carbocycles. The van der Waals surface area contributed by atoms with Crippen LogP contribution >= 0.6 is 0 Å². The van der Waals surface area contributed by atoms with Gasteiger partial charge in [0.2, 0.25) is 5.91 Å². The normalized spacial score (nSPS) is 21.9. The van der Waals surface area contributed by atoms with Gasteiger partial charge in [-0.25, -0.2) is 0 Å². The number of likely N-dealkylation sites (tertiary alicyclic amines) is 1. The first-order chi connectivity index (χ1) is 9.62. The van der Waals surface area contributed by atoms with E-state index in [9.17, 15) is 4.79 Å². The van der Waals surface area contributed by atoms with E-state index in [-0.39, 0.29) is 5.91 Å². The van der Waals surface area contributed by atoms with Gasteiger partial charge in [-0.2, -0.15) is 0 Å². The number of rotatable bonds is 5. The molecule has 0 bridgehead atoms. The molecule has 0 atom stereocenters. The number of carbonyl (C=O) groups is 1. The number of amides is 1. The first-order valence-electron chi connectivity index (χ1n) is 7.87. The number of hydrogen-bond acceptors (Lipinski definition) is 2.